The lowest BCUT2D eigenvalue weighted by molar-refractivity contribution is -0.169. The number of aliphatic carboxylic acids is 1. The lowest BCUT2D eigenvalue weighted by atomic mass is 9.46. The van der Waals surface area contributed by atoms with Crippen molar-refractivity contribution < 1.29 is 29.3 Å². The highest BCUT2D eigenvalue weighted by Gasteiger charge is 2.61. The summed E-state index contributed by atoms with van der Waals surface area (Å²) in [5, 5.41) is 23.4. The molecule has 51 heavy (non-hydrogen) atoms. The van der Waals surface area contributed by atoms with Crippen molar-refractivity contribution in [2.24, 2.45) is 46.3 Å². The van der Waals surface area contributed by atoms with Gasteiger partial charge in [-0.05, 0) is 92.3 Å². The Morgan fingerprint density at radius 3 is 2.24 bits per heavy atom. The highest BCUT2D eigenvalue weighted by Crippen LogP contribution is 2.67. The standard InChI is InChI=1S/C44H75NO6/c1-7-8-9-10-11-12-13-14-15-19-40(47)45-38(42(49)50)24-25-41(48)51-39-29-33(46)28-32-20-21-34-36-23-22-35(31(4)18-16-17-30(2)3)43(36,5)27-26-37(34)44(32,39)6/h20,30-31,33-39,46H,7-19,21-29H2,1-6H3,(H,45,47)(H,49,50)/t31-,33-,34+,35-,36+,37+,38+,39?,43-,44+/m1/s1. The third-order valence-electron chi connectivity index (χ3n) is 14.4. The average Bonchev–Trinajstić information content (AvgIpc) is 3.43. The minimum absolute atomic E-state index is 0.00439. The number of nitrogens with one attached hydrogen (secondary N) is 1. The fourth-order valence-corrected chi connectivity index (χ4v) is 11.5. The van der Waals surface area contributed by atoms with E-state index in [1.165, 1.54) is 82.6 Å². The fourth-order valence-electron chi connectivity index (χ4n) is 11.5. The van der Waals surface area contributed by atoms with Crippen LogP contribution >= 0.6 is 0 Å². The normalized spacial score (nSPS) is 32.7. The Kier molecular flexibility index (Phi) is 16.0. The number of amides is 1. The number of aliphatic hydroxyl groups excluding tert-OH is 1. The highest BCUT2D eigenvalue weighted by molar-refractivity contribution is 5.84. The summed E-state index contributed by atoms with van der Waals surface area (Å²) in [5.41, 5.74) is 1.27. The molecule has 1 unspecified atom stereocenters. The Hall–Kier alpha value is -1.89. The molecule has 292 valence electrons. The maximum atomic E-state index is 13.4. The Balaban J connectivity index is 1.31. The summed E-state index contributed by atoms with van der Waals surface area (Å²) in [7, 11) is 0. The Labute approximate surface area is 310 Å². The van der Waals surface area contributed by atoms with Gasteiger partial charge in [0.15, 0.2) is 0 Å². The van der Waals surface area contributed by atoms with Gasteiger partial charge in [0, 0.05) is 24.7 Å². The second-order valence-corrected chi connectivity index (χ2v) is 18.3. The number of allylic oxidation sites excluding steroid dienone is 1. The van der Waals surface area contributed by atoms with Crippen LogP contribution in [0.15, 0.2) is 11.6 Å². The van der Waals surface area contributed by atoms with Crippen molar-refractivity contribution in [3.63, 3.8) is 0 Å². The van der Waals surface area contributed by atoms with Crippen LogP contribution in [0.1, 0.15) is 183 Å². The molecule has 1 amide bonds. The summed E-state index contributed by atoms with van der Waals surface area (Å²) in [6.45, 7) is 14.2. The molecular formula is C44H75NO6. The van der Waals surface area contributed by atoms with Gasteiger partial charge in [-0.25, -0.2) is 4.79 Å². The second-order valence-electron chi connectivity index (χ2n) is 18.3. The SMILES string of the molecule is CCCCCCCCCCCC(=O)N[C@@H](CCC(=O)OC1C[C@H](O)CC2=CC[C@H]3[C@@H]4CC[C@H]([C@H](C)CCCC(C)C)[C@@]4(C)CC[C@@H]3[C@]21C)C(=O)O. The van der Waals surface area contributed by atoms with Gasteiger partial charge in [-0.3, -0.25) is 9.59 Å². The fraction of sp³-hybridized carbons (Fsp3) is 0.886. The van der Waals surface area contributed by atoms with E-state index >= 15 is 0 Å². The second kappa shape index (κ2) is 19.4. The topological polar surface area (TPSA) is 113 Å². The Morgan fingerprint density at radius 2 is 1.57 bits per heavy atom. The van der Waals surface area contributed by atoms with Crippen LogP contribution in [0, 0.1) is 46.3 Å². The van der Waals surface area contributed by atoms with Crippen molar-refractivity contribution in [1.29, 1.82) is 0 Å². The summed E-state index contributed by atoms with van der Waals surface area (Å²) >= 11 is 0. The zero-order valence-corrected chi connectivity index (χ0v) is 33.4. The van der Waals surface area contributed by atoms with Crippen LogP contribution in [-0.4, -0.2) is 46.3 Å². The Bertz CT molecular complexity index is 1170. The number of ether oxygens (including phenoxy) is 1. The third-order valence-corrected chi connectivity index (χ3v) is 14.4. The summed E-state index contributed by atoms with van der Waals surface area (Å²) in [4.78, 5) is 38.1. The molecule has 3 N–H and O–H groups in total. The van der Waals surface area contributed by atoms with Crippen molar-refractivity contribution in [2.45, 2.75) is 201 Å². The van der Waals surface area contributed by atoms with E-state index in [4.69, 9.17) is 4.74 Å². The molecular weight excluding hydrogens is 638 g/mol. The molecule has 0 aromatic rings. The number of carbonyl (C=O) groups is 3. The smallest absolute Gasteiger partial charge is 0.326 e. The maximum absolute atomic E-state index is 13.4. The average molecular weight is 714 g/mol. The molecule has 0 aromatic carbocycles. The van der Waals surface area contributed by atoms with Crippen molar-refractivity contribution in [3.8, 4) is 0 Å². The molecule has 0 aromatic heterocycles. The summed E-state index contributed by atoms with van der Waals surface area (Å²) < 4.78 is 6.27. The largest absolute Gasteiger partial charge is 0.480 e. The van der Waals surface area contributed by atoms with Crippen LogP contribution in [0.2, 0.25) is 0 Å². The molecule has 3 fully saturated rings. The molecule has 3 saturated carbocycles. The zero-order valence-electron chi connectivity index (χ0n) is 33.4. The van der Waals surface area contributed by atoms with Crippen LogP contribution in [0.25, 0.3) is 0 Å². The number of fused-ring (bicyclic) bond motifs is 5. The predicted octanol–water partition coefficient (Wildman–Crippen LogP) is 10.2. The number of carbonyl (C=O) groups excluding carboxylic acids is 2. The lowest BCUT2D eigenvalue weighted by Gasteiger charge is -2.60. The number of hydrogen-bond donors (Lipinski definition) is 3. The molecule has 4 aliphatic rings. The molecule has 0 spiro atoms. The first-order valence-electron chi connectivity index (χ1n) is 21.4. The van der Waals surface area contributed by atoms with Gasteiger partial charge >= 0.3 is 11.9 Å². The maximum Gasteiger partial charge on any atom is 0.326 e. The van der Waals surface area contributed by atoms with E-state index in [1.54, 1.807) is 0 Å². The van der Waals surface area contributed by atoms with Gasteiger partial charge in [0.25, 0.3) is 0 Å². The first kappa shape index (κ1) is 41.9. The van der Waals surface area contributed by atoms with Gasteiger partial charge in [0.1, 0.15) is 12.1 Å². The van der Waals surface area contributed by atoms with Crippen molar-refractivity contribution in [1.82, 2.24) is 5.32 Å². The van der Waals surface area contributed by atoms with Gasteiger partial charge in [0.05, 0.1) is 6.10 Å². The summed E-state index contributed by atoms with van der Waals surface area (Å²) in [6.07, 6.45) is 22.9. The number of carboxylic acids is 1. The zero-order chi connectivity index (χ0) is 37.2. The molecule has 4 aliphatic carbocycles. The minimum atomic E-state index is -1.13. The molecule has 0 radical (unpaired) electrons. The van der Waals surface area contributed by atoms with E-state index in [0.29, 0.717) is 42.4 Å². The molecule has 0 bridgehead atoms. The van der Waals surface area contributed by atoms with Crippen LogP contribution in [0.4, 0.5) is 0 Å². The first-order chi connectivity index (χ1) is 24.3. The van der Waals surface area contributed by atoms with Gasteiger partial charge in [-0.2, -0.15) is 0 Å². The van der Waals surface area contributed by atoms with Crippen LogP contribution in [0.3, 0.4) is 0 Å². The molecule has 10 atom stereocenters. The number of esters is 1. The van der Waals surface area contributed by atoms with Gasteiger partial charge < -0.3 is 20.3 Å². The van der Waals surface area contributed by atoms with E-state index < -0.39 is 30.2 Å². The van der Waals surface area contributed by atoms with E-state index in [1.807, 2.05) is 0 Å². The Morgan fingerprint density at radius 1 is 0.882 bits per heavy atom. The lowest BCUT2D eigenvalue weighted by Crippen LogP contribution is -2.56. The van der Waals surface area contributed by atoms with Crippen LogP contribution in [-0.2, 0) is 19.1 Å². The van der Waals surface area contributed by atoms with Gasteiger partial charge in [-0.15, -0.1) is 0 Å². The number of rotatable bonds is 21. The summed E-state index contributed by atoms with van der Waals surface area (Å²) in [6, 6.07) is -1.12. The highest BCUT2D eigenvalue weighted by atomic mass is 16.5. The molecule has 4 rings (SSSR count). The van der Waals surface area contributed by atoms with Gasteiger partial charge in [0.2, 0.25) is 5.91 Å². The van der Waals surface area contributed by atoms with Crippen molar-refractivity contribution >= 4 is 17.8 Å². The summed E-state index contributed by atoms with van der Waals surface area (Å²) in [5.74, 6) is 2.07. The number of hydrogen-bond acceptors (Lipinski definition) is 5. The van der Waals surface area contributed by atoms with Gasteiger partial charge in [-0.1, -0.05) is 124 Å². The minimum Gasteiger partial charge on any atom is -0.480 e. The molecule has 7 nitrogen and oxygen atoms in total. The van der Waals surface area contributed by atoms with Crippen molar-refractivity contribution in [3.05, 3.63) is 11.6 Å². The van der Waals surface area contributed by atoms with E-state index in [2.05, 4.69) is 52.9 Å². The molecule has 0 heterocycles. The van der Waals surface area contributed by atoms with Crippen molar-refractivity contribution in [2.75, 3.05) is 0 Å². The predicted molar refractivity (Wildman–Crippen MR) is 205 cm³/mol. The molecule has 7 heteroatoms. The number of unbranched alkanes of at least 4 members (excludes halogenated alkanes) is 8. The number of aliphatic hydroxyl groups is 1. The van der Waals surface area contributed by atoms with E-state index in [-0.39, 0.29) is 24.2 Å². The van der Waals surface area contributed by atoms with Crippen LogP contribution < -0.4 is 5.32 Å². The molecule has 0 saturated heterocycles. The third kappa shape index (κ3) is 10.6. The van der Waals surface area contributed by atoms with Crippen LogP contribution in [0.5, 0.6) is 0 Å². The first-order valence-corrected chi connectivity index (χ1v) is 21.4. The monoisotopic (exact) mass is 714 g/mol. The van der Waals surface area contributed by atoms with E-state index in [9.17, 15) is 24.6 Å². The quantitative estimate of drug-likeness (QED) is 0.0620. The van der Waals surface area contributed by atoms with E-state index in [0.717, 1.165) is 49.9 Å². The molecule has 0 aliphatic heterocycles. The number of carboxylic acid groups (broad SMARTS) is 1.